The third-order valence-corrected chi connectivity index (χ3v) is 11.0. The van der Waals surface area contributed by atoms with Gasteiger partial charge in [0.2, 0.25) is 0 Å². The maximum Gasteiger partial charge on any atom is 0.416 e. The molecule has 0 bridgehead atoms. The van der Waals surface area contributed by atoms with Gasteiger partial charge in [-0.25, -0.2) is 0 Å². The summed E-state index contributed by atoms with van der Waals surface area (Å²) in [6, 6.07) is 3.44. The number of thiol groups is 2. The van der Waals surface area contributed by atoms with E-state index in [0.29, 0.717) is 0 Å². The van der Waals surface area contributed by atoms with Crippen molar-refractivity contribution in [3.8, 4) is 0 Å². The zero-order valence-electron chi connectivity index (χ0n) is 34.7. The van der Waals surface area contributed by atoms with Gasteiger partial charge in [-0.1, -0.05) is 78.9 Å². The molecule has 0 fully saturated rings. The Morgan fingerprint density at radius 3 is 0.708 bits per heavy atom. The van der Waals surface area contributed by atoms with Gasteiger partial charge in [0.1, 0.15) is 6.15 Å². The summed E-state index contributed by atoms with van der Waals surface area (Å²) >= 11 is 8.64. The van der Waals surface area contributed by atoms with E-state index < -0.39 is 195 Å². The van der Waals surface area contributed by atoms with Crippen LogP contribution in [0, 0.1) is 0 Å². The third-order valence-electron chi connectivity index (χ3n) is 10.5. The maximum atomic E-state index is 14.2. The minimum atomic E-state index is -6.13. The molecule has 388 valence electrons. The number of alkyl halides is 24. The molecule has 0 atom stereocenters. The molecular weight excluding hydrogens is 1070 g/mol. The molecule has 6 rings (SSSR count). The predicted octanol–water partition coefficient (Wildman–Crippen LogP) is 13.8. The van der Waals surface area contributed by atoms with Crippen LogP contribution in [0.4, 0.5) is 105 Å². The minimum Gasteiger partial charge on any atom is -0.199 e. The van der Waals surface area contributed by atoms with Crippen molar-refractivity contribution in [2.45, 2.75) is 65.7 Å². The fourth-order valence-electron chi connectivity index (χ4n) is 7.56. The Labute approximate surface area is 399 Å². The smallest absolute Gasteiger partial charge is 0.199 e. The number of halogens is 24. The molecule has 0 aliphatic heterocycles. The summed E-state index contributed by atoms with van der Waals surface area (Å²) in [6.45, 7) is 0.850. The van der Waals surface area contributed by atoms with Gasteiger partial charge in [-0.2, -0.15) is 132 Å². The SMILES string of the molecule is FC(F)(F)c1cc([B-](c2cc(C(F)(F)F)cc(C(F)(F)F)c2)(c2cc(C(F)(F)F)cc(C(F)(F)F)c2)c2cc(C(F)(F)F)cc(C(F)(F)F)c2)cc(C(F)(F)F)c1.Sc1cc(S)c[n+](Cc2ccccc2)c1. The highest BCUT2D eigenvalue weighted by atomic mass is 32.1. The van der Waals surface area contributed by atoms with Crippen LogP contribution >= 0.6 is 25.3 Å². The Bertz CT molecular complexity index is 2450. The van der Waals surface area contributed by atoms with E-state index in [9.17, 15) is 105 Å². The van der Waals surface area contributed by atoms with Gasteiger partial charge < -0.3 is 0 Å². The van der Waals surface area contributed by atoms with Gasteiger partial charge >= 0.3 is 49.4 Å². The Morgan fingerprint density at radius 1 is 0.306 bits per heavy atom. The second-order valence-electron chi connectivity index (χ2n) is 15.6. The lowest BCUT2D eigenvalue weighted by atomic mass is 9.12. The van der Waals surface area contributed by atoms with Crippen LogP contribution in [0.3, 0.4) is 0 Å². The monoisotopic (exact) mass is 1100 g/mol. The summed E-state index contributed by atoms with van der Waals surface area (Å²) in [7, 11) is 0. The number of nitrogens with zero attached hydrogens (tertiary/aromatic N) is 1. The lowest BCUT2D eigenvalue weighted by molar-refractivity contribution is -0.692. The molecule has 5 aromatic carbocycles. The van der Waals surface area contributed by atoms with Crippen LogP contribution in [0.2, 0.25) is 0 Å². The number of hydrogen-bond donors (Lipinski definition) is 2. The first-order chi connectivity index (χ1) is 32.5. The highest BCUT2D eigenvalue weighted by Gasteiger charge is 2.47. The molecule has 0 saturated heterocycles. The van der Waals surface area contributed by atoms with Gasteiger partial charge in [-0.15, -0.1) is 25.3 Å². The molecule has 6 aromatic rings. The van der Waals surface area contributed by atoms with Gasteiger partial charge in [0.15, 0.2) is 18.9 Å². The van der Waals surface area contributed by atoms with Crippen molar-refractivity contribution in [3.63, 3.8) is 0 Å². The van der Waals surface area contributed by atoms with Crippen LogP contribution in [0.25, 0.3) is 0 Å². The lowest BCUT2D eigenvalue weighted by Gasteiger charge is -2.46. The first-order valence-corrected chi connectivity index (χ1v) is 20.2. The molecule has 72 heavy (non-hydrogen) atoms. The highest BCUT2D eigenvalue weighted by Crippen LogP contribution is 2.41. The van der Waals surface area contributed by atoms with E-state index in [2.05, 4.69) is 42.0 Å². The Kier molecular flexibility index (Phi) is 15.6. The largest absolute Gasteiger partial charge is 0.416 e. The number of benzene rings is 5. The number of pyridine rings is 1. The van der Waals surface area contributed by atoms with E-state index in [1.165, 1.54) is 5.56 Å². The molecule has 1 heterocycles. The number of hydrogen-bond acceptors (Lipinski definition) is 2. The van der Waals surface area contributed by atoms with Crippen LogP contribution in [0.5, 0.6) is 0 Å². The molecular formula is C44H24BF24NS2. The van der Waals surface area contributed by atoms with Gasteiger partial charge in [0.25, 0.3) is 0 Å². The van der Waals surface area contributed by atoms with Crippen molar-refractivity contribution < 1.29 is 110 Å². The van der Waals surface area contributed by atoms with E-state index in [0.717, 1.165) is 16.3 Å². The summed E-state index contributed by atoms with van der Waals surface area (Å²) < 4.78 is 343. The van der Waals surface area contributed by atoms with Gasteiger partial charge in [0, 0.05) is 5.56 Å². The van der Waals surface area contributed by atoms with E-state index >= 15 is 0 Å². The Morgan fingerprint density at radius 2 is 0.514 bits per heavy atom. The molecule has 0 saturated carbocycles. The average molecular weight is 1100 g/mol. The minimum absolute atomic E-state index is 0.691. The summed E-state index contributed by atoms with van der Waals surface area (Å²) in [6.07, 6.45) is -50.8. The predicted molar refractivity (Wildman–Crippen MR) is 217 cm³/mol. The molecule has 0 unspecified atom stereocenters. The fraction of sp³-hybridized carbons (Fsp3) is 0.205. The molecule has 0 amide bonds. The molecule has 0 radical (unpaired) electrons. The summed E-state index contributed by atoms with van der Waals surface area (Å²) in [5.41, 5.74) is -28.9. The molecule has 1 nitrogen and oxygen atoms in total. The van der Waals surface area contributed by atoms with Crippen LogP contribution in [-0.2, 0) is 56.0 Å². The van der Waals surface area contributed by atoms with Crippen molar-refractivity contribution >= 4 is 53.3 Å². The second-order valence-corrected chi connectivity index (χ2v) is 16.7. The van der Waals surface area contributed by atoms with Crippen molar-refractivity contribution in [1.29, 1.82) is 0 Å². The number of aromatic nitrogens is 1. The summed E-state index contributed by atoms with van der Waals surface area (Å²) in [5.74, 6) is 0. The van der Waals surface area contributed by atoms with E-state index in [1.54, 1.807) is 0 Å². The van der Waals surface area contributed by atoms with Crippen LogP contribution < -0.4 is 26.4 Å². The zero-order valence-corrected chi connectivity index (χ0v) is 36.5. The average Bonchev–Trinajstić information content (AvgIpc) is 3.21. The van der Waals surface area contributed by atoms with Crippen molar-refractivity contribution in [3.05, 3.63) is 172 Å². The Balaban J connectivity index is 0.000000542. The fourth-order valence-corrected chi connectivity index (χ4v) is 8.24. The number of rotatable bonds is 6. The summed E-state index contributed by atoms with van der Waals surface area (Å²) in [5, 5.41) is 0. The van der Waals surface area contributed by atoms with Crippen molar-refractivity contribution in [2.75, 3.05) is 0 Å². The molecule has 1 aromatic heterocycles. The second kappa shape index (κ2) is 19.6. The Hall–Kier alpha value is -5.67. The molecule has 0 aliphatic rings. The molecule has 0 aliphatic carbocycles. The van der Waals surface area contributed by atoms with Crippen molar-refractivity contribution in [1.82, 2.24) is 0 Å². The lowest BCUT2D eigenvalue weighted by Crippen LogP contribution is -2.75. The van der Waals surface area contributed by atoms with Crippen LogP contribution in [0.1, 0.15) is 50.1 Å². The van der Waals surface area contributed by atoms with Crippen LogP contribution in [-0.4, -0.2) is 6.15 Å². The van der Waals surface area contributed by atoms with Crippen molar-refractivity contribution in [2.24, 2.45) is 0 Å². The van der Waals surface area contributed by atoms with E-state index in [1.807, 2.05) is 36.7 Å². The van der Waals surface area contributed by atoms with E-state index in [-0.39, 0.29) is 0 Å². The van der Waals surface area contributed by atoms with Gasteiger partial charge in [-0.3, -0.25) is 0 Å². The molecule has 0 spiro atoms. The van der Waals surface area contributed by atoms with Gasteiger partial charge in [0.05, 0.1) is 54.3 Å². The molecule has 28 heteroatoms. The molecule has 0 N–H and O–H groups in total. The van der Waals surface area contributed by atoms with E-state index in [4.69, 9.17) is 0 Å². The summed E-state index contributed by atoms with van der Waals surface area (Å²) in [4.78, 5) is 1.86. The zero-order chi connectivity index (χ0) is 54.6. The van der Waals surface area contributed by atoms with Crippen LogP contribution in [0.15, 0.2) is 131 Å². The highest BCUT2D eigenvalue weighted by molar-refractivity contribution is 7.81. The topological polar surface area (TPSA) is 3.88 Å². The first kappa shape index (κ1) is 57.2. The first-order valence-electron chi connectivity index (χ1n) is 19.3. The van der Waals surface area contributed by atoms with Gasteiger partial charge in [-0.05, 0) is 30.3 Å². The standard InChI is InChI=1S/C32H12BF24.C12H11NS2/c34-25(35,36)13-1-14(26(37,38)39)6-21(5-13)33(22-7-15(27(40,41)42)2-16(8-22)28(43,44)45,23-9-17(29(46,47)48)3-18(10-23)30(49,50)51)24-11-19(31(52,53)54)4-20(12-24)32(55,56)57;14-11-6-12(15)9-13(8-11)7-10-4-2-1-3-5-10/h1-12H;1-6,8-9H,7H2,(H-,14,15)/q-1;/p+1. The normalized spacial score (nSPS) is 13.5. The maximum absolute atomic E-state index is 14.2. The quantitative estimate of drug-likeness (QED) is 0.0709. The third kappa shape index (κ3) is 13.5.